The van der Waals surface area contributed by atoms with Crippen molar-refractivity contribution >= 4 is 29.9 Å². The summed E-state index contributed by atoms with van der Waals surface area (Å²) in [6, 6.07) is 0.439. The maximum Gasteiger partial charge on any atom is 0.191 e. The third-order valence-electron chi connectivity index (χ3n) is 3.76. The molecule has 2 N–H and O–H groups in total. The average Bonchev–Trinajstić information content (AvgIpc) is 2.75. The highest BCUT2D eigenvalue weighted by molar-refractivity contribution is 14.0. The van der Waals surface area contributed by atoms with Crippen LogP contribution in [0.25, 0.3) is 0 Å². The van der Waals surface area contributed by atoms with Gasteiger partial charge in [0.2, 0.25) is 0 Å². The maximum atomic E-state index is 4.77. The van der Waals surface area contributed by atoms with Gasteiger partial charge in [0.05, 0.1) is 0 Å². The molecule has 0 aromatic rings. The molecule has 3 nitrogen and oxygen atoms in total. The molecule has 0 bridgehead atoms. The molecular formula is C14H30IN3. The Labute approximate surface area is 130 Å². The van der Waals surface area contributed by atoms with Crippen molar-refractivity contribution in [1.29, 1.82) is 0 Å². The minimum absolute atomic E-state index is 0. The van der Waals surface area contributed by atoms with Crippen LogP contribution < -0.4 is 10.6 Å². The Balaban J connectivity index is 0.00000289. The number of hydrogen-bond donors (Lipinski definition) is 2. The maximum absolute atomic E-state index is 4.77. The molecule has 1 aliphatic rings. The zero-order valence-corrected chi connectivity index (χ0v) is 14.7. The van der Waals surface area contributed by atoms with E-state index in [-0.39, 0.29) is 24.0 Å². The number of aliphatic imine (C=N–C) groups is 1. The highest BCUT2D eigenvalue weighted by Gasteiger charge is 2.31. The van der Waals surface area contributed by atoms with Crippen molar-refractivity contribution in [2.45, 2.75) is 65.8 Å². The van der Waals surface area contributed by atoms with E-state index in [1.54, 1.807) is 0 Å². The van der Waals surface area contributed by atoms with Gasteiger partial charge in [-0.2, -0.15) is 0 Å². The quantitative estimate of drug-likeness (QED) is 0.443. The summed E-state index contributed by atoms with van der Waals surface area (Å²) in [5.74, 6) is 0.974. The Morgan fingerprint density at radius 2 is 1.83 bits per heavy atom. The predicted molar refractivity (Wildman–Crippen MR) is 90.9 cm³/mol. The third kappa shape index (κ3) is 5.76. The molecule has 0 aliphatic heterocycles. The van der Waals surface area contributed by atoms with Crippen LogP contribution in [0.1, 0.15) is 59.8 Å². The number of rotatable bonds is 5. The summed E-state index contributed by atoms with van der Waals surface area (Å²) in [7, 11) is 0. The molecule has 0 radical (unpaired) electrons. The summed E-state index contributed by atoms with van der Waals surface area (Å²) in [5.41, 5.74) is 0.485. The Hall–Kier alpha value is 0. The van der Waals surface area contributed by atoms with E-state index in [9.17, 15) is 0 Å². The number of hydrogen-bond acceptors (Lipinski definition) is 1. The van der Waals surface area contributed by atoms with Gasteiger partial charge in [-0.05, 0) is 45.4 Å². The molecule has 0 spiro atoms. The smallest absolute Gasteiger partial charge is 0.191 e. The van der Waals surface area contributed by atoms with Crippen molar-refractivity contribution in [2.24, 2.45) is 10.4 Å². The Kier molecular flexibility index (Phi) is 8.99. The minimum atomic E-state index is 0. The van der Waals surface area contributed by atoms with Gasteiger partial charge in [0.25, 0.3) is 0 Å². The summed E-state index contributed by atoms with van der Waals surface area (Å²) in [6.07, 6.45) is 6.74. The molecular weight excluding hydrogens is 337 g/mol. The zero-order chi connectivity index (χ0) is 12.7. The van der Waals surface area contributed by atoms with Crippen molar-refractivity contribution in [2.75, 3.05) is 13.1 Å². The molecule has 0 aromatic carbocycles. The largest absolute Gasteiger partial charge is 0.357 e. The van der Waals surface area contributed by atoms with Gasteiger partial charge in [-0.3, -0.25) is 4.99 Å². The predicted octanol–water partition coefficient (Wildman–Crippen LogP) is 3.54. The molecule has 0 atom stereocenters. The summed E-state index contributed by atoms with van der Waals surface area (Å²) < 4.78 is 0. The highest BCUT2D eigenvalue weighted by atomic mass is 127. The van der Waals surface area contributed by atoms with Crippen LogP contribution in [-0.2, 0) is 0 Å². The van der Waals surface area contributed by atoms with Crippen molar-refractivity contribution < 1.29 is 0 Å². The second kappa shape index (κ2) is 8.99. The SMILES string of the molecule is CCNC(=NCC1(CC)CCCC1)NC(C)C.I. The second-order valence-electron chi connectivity index (χ2n) is 5.55. The van der Waals surface area contributed by atoms with Gasteiger partial charge in [-0.25, -0.2) is 0 Å². The van der Waals surface area contributed by atoms with E-state index >= 15 is 0 Å². The fourth-order valence-electron chi connectivity index (χ4n) is 2.59. The van der Waals surface area contributed by atoms with Gasteiger partial charge in [0.1, 0.15) is 0 Å². The minimum Gasteiger partial charge on any atom is -0.357 e. The van der Waals surface area contributed by atoms with E-state index in [1.807, 2.05) is 0 Å². The van der Waals surface area contributed by atoms with Crippen LogP contribution >= 0.6 is 24.0 Å². The fourth-order valence-corrected chi connectivity index (χ4v) is 2.59. The standard InChI is InChI=1S/C14H29N3.HI/c1-5-14(9-7-8-10-14)11-16-13(15-6-2)17-12(3)4;/h12H,5-11H2,1-4H3,(H2,15,16,17);1H. The van der Waals surface area contributed by atoms with E-state index in [2.05, 4.69) is 38.3 Å². The highest BCUT2D eigenvalue weighted by Crippen LogP contribution is 2.41. The van der Waals surface area contributed by atoms with Crippen LogP contribution in [0.4, 0.5) is 0 Å². The van der Waals surface area contributed by atoms with Gasteiger partial charge < -0.3 is 10.6 Å². The zero-order valence-electron chi connectivity index (χ0n) is 12.4. The molecule has 4 heteroatoms. The van der Waals surface area contributed by atoms with Gasteiger partial charge in [0, 0.05) is 19.1 Å². The van der Waals surface area contributed by atoms with E-state index in [4.69, 9.17) is 4.99 Å². The summed E-state index contributed by atoms with van der Waals surface area (Å²) in [6.45, 7) is 10.6. The van der Waals surface area contributed by atoms with Gasteiger partial charge in [0.15, 0.2) is 5.96 Å². The van der Waals surface area contributed by atoms with Crippen molar-refractivity contribution in [3.8, 4) is 0 Å². The number of guanidine groups is 1. The molecule has 0 amide bonds. The Morgan fingerprint density at radius 1 is 1.22 bits per heavy atom. The van der Waals surface area contributed by atoms with Crippen LogP contribution in [0.3, 0.4) is 0 Å². The fraction of sp³-hybridized carbons (Fsp3) is 0.929. The first-order chi connectivity index (χ1) is 8.12. The first-order valence-electron chi connectivity index (χ1n) is 7.17. The third-order valence-corrected chi connectivity index (χ3v) is 3.76. The molecule has 0 unspecified atom stereocenters. The Bertz CT molecular complexity index is 245. The van der Waals surface area contributed by atoms with Crippen LogP contribution in [0, 0.1) is 5.41 Å². The van der Waals surface area contributed by atoms with E-state index in [1.165, 1.54) is 32.1 Å². The van der Waals surface area contributed by atoms with Gasteiger partial charge >= 0.3 is 0 Å². The molecule has 0 heterocycles. The lowest BCUT2D eigenvalue weighted by atomic mass is 9.84. The van der Waals surface area contributed by atoms with E-state index in [0.29, 0.717) is 11.5 Å². The molecule has 1 aliphatic carbocycles. The van der Waals surface area contributed by atoms with Gasteiger partial charge in [-0.15, -0.1) is 24.0 Å². The first kappa shape index (κ1) is 18.0. The topological polar surface area (TPSA) is 36.4 Å². The number of nitrogens with zero attached hydrogens (tertiary/aromatic N) is 1. The normalized spacial score (nSPS) is 18.6. The van der Waals surface area contributed by atoms with Gasteiger partial charge in [-0.1, -0.05) is 19.8 Å². The lowest BCUT2D eigenvalue weighted by Gasteiger charge is -2.26. The van der Waals surface area contributed by atoms with Crippen LogP contribution in [-0.4, -0.2) is 25.1 Å². The summed E-state index contributed by atoms with van der Waals surface area (Å²) in [4.78, 5) is 4.77. The monoisotopic (exact) mass is 367 g/mol. The summed E-state index contributed by atoms with van der Waals surface area (Å²) >= 11 is 0. The molecule has 108 valence electrons. The molecule has 1 rings (SSSR count). The number of halogens is 1. The van der Waals surface area contributed by atoms with Crippen molar-refractivity contribution in [3.63, 3.8) is 0 Å². The van der Waals surface area contributed by atoms with Crippen LogP contribution in [0.15, 0.2) is 4.99 Å². The van der Waals surface area contributed by atoms with Crippen LogP contribution in [0.5, 0.6) is 0 Å². The van der Waals surface area contributed by atoms with Crippen LogP contribution in [0.2, 0.25) is 0 Å². The van der Waals surface area contributed by atoms with E-state index < -0.39 is 0 Å². The average molecular weight is 367 g/mol. The van der Waals surface area contributed by atoms with E-state index in [0.717, 1.165) is 19.0 Å². The molecule has 1 saturated carbocycles. The first-order valence-corrected chi connectivity index (χ1v) is 7.17. The second-order valence-corrected chi connectivity index (χ2v) is 5.55. The molecule has 18 heavy (non-hydrogen) atoms. The molecule has 1 fully saturated rings. The Morgan fingerprint density at radius 3 is 2.28 bits per heavy atom. The van der Waals surface area contributed by atoms with Crippen molar-refractivity contribution in [1.82, 2.24) is 10.6 Å². The summed E-state index contributed by atoms with van der Waals surface area (Å²) in [5, 5.41) is 6.70. The molecule has 0 saturated heterocycles. The lowest BCUT2D eigenvalue weighted by molar-refractivity contribution is 0.297. The molecule has 0 aromatic heterocycles. The van der Waals surface area contributed by atoms with Crippen molar-refractivity contribution in [3.05, 3.63) is 0 Å². The number of nitrogens with one attached hydrogen (secondary N) is 2. The lowest BCUT2D eigenvalue weighted by Crippen LogP contribution is -2.41.